The zero-order chi connectivity index (χ0) is 22.5. The van der Waals surface area contributed by atoms with Gasteiger partial charge in [0.15, 0.2) is 11.4 Å². The molecule has 0 unspecified atom stereocenters. The van der Waals surface area contributed by atoms with Gasteiger partial charge in [0.2, 0.25) is 5.89 Å². The fraction of sp³-hybridized carbons (Fsp3) is 0.286. The van der Waals surface area contributed by atoms with Crippen LogP contribution < -0.4 is 10.5 Å². The van der Waals surface area contributed by atoms with Gasteiger partial charge in [-0.15, -0.1) is 0 Å². The van der Waals surface area contributed by atoms with E-state index in [1.165, 1.54) is 28.8 Å². The normalized spacial score (nSPS) is 14.6. The second-order valence-corrected chi connectivity index (χ2v) is 9.94. The number of halogens is 1. The zero-order valence-corrected chi connectivity index (χ0v) is 18.6. The van der Waals surface area contributed by atoms with Crippen LogP contribution in [0, 0.1) is 6.92 Å². The summed E-state index contributed by atoms with van der Waals surface area (Å²) in [7, 11) is -3.93. The molecule has 4 aromatic rings. The number of oxazole rings is 1. The maximum absolute atomic E-state index is 12.9. The minimum Gasteiger partial charge on any atom is -0.408 e. The van der Waals surface area contributed by atoms with Gasteiger partial charge >= 0.3 is 5.76 Å². The summed E-state index contributed by atoms with van der Waals surface area (Å²) < 4.78 is 40.2. The molecule has 32 heavy (non-hydrogen) atoms. The molecule has 166 valence electrons. The van der Waals surface area contributed by atoms with E-state index in [0.717, 1.165) is 24.8 Å². The van der Waals surface area contributed by atoms with E-state index >= 15 is 0 Å². The van der Waals surface area contributed by atoms with Gasteiger partial charge in [0.1, 0.15) is 0 Å². The molecule has 0 atom stereocenters. The minimum atomic E-state index is -3.93. The van der Waals surface area contributed by atoms with Crippen molar-refractivity contribution in [2.75, 3.05) is 4.72 Å². The van der Waals surface area contributed by atoms with Gasteiger partial charge in [-0.1, -0.05) is 29.2 Å². The quantitative estimate of drug-likeness (QED) is 0.447. The molecule has 1 aliphatic carbocycles. The summed E-state index contributed by atoms with van der Waals surface area (Å²) in [4.78, 5) is 16.7. The lowest BCUT2D eigenvalue weighted by atomic mass is 9.85. The van der Waals surface area contributed by atoms with Gasteiger partial charge in [0.25, 0.3) is 10.0 Å². The summed E-state index contributed by atoms with van der Waals surface area (Å²) in [5.41, 5.74) is 1.67. The van der Waals surface area contributed by atoms with Crippen molar-refractivity contribution >= 4 is 38.4 Å². The molecule has 1 aliphatic rings. The van der Waals surface area contributed by atoms with E-state index in [2.05, 4.69) is 14.9 Å². The van der Waals surface area contributed by atoms with Gasteiger partial charge in [0, 0.05) is 17.0 Å². The van der Waals surface area contributed by atoms with Crippen molar-refractivity contribution in [1.29, 1.82) is 0 Å². The van der Waals surface area contributed by atoms with Crippen LogP contribution in [0.25, 0.3) is 11.1 Å². The number of rotatable bonds is 6. The first kappa shape index (κ1) is 20.8. The number of nitrogens with one attached hydrogen (secondary N) is 1. The molecule has 0 bridgehead atoms. The second kappa shape index (κ2) is 7.79. The monoisotopic (exact) mass is 474 g/mol. The Morgan fingerprint density at radius 3 is 2.78 bits per heavy atom. The van der Waals surface area contributed by atoms with E-state index in [-0.39, 0.29) is 22.9 Å². The van der Waals surface area contributed by atoms with Gasteiger partial charge in [-0.25, -0.2) is 13.2 Å². The summed E-state index contributed by atoms with van der Waals surface area (Å²) in [5.74, 6) is 0.606. The lowest BCUT2D eigenvalue weighted by Crippen LogP contribution is -2.16. The molecule has 1 N–H and O–H groups in total. The van der Waals surface area contributed by atoms with E-state index in [1.54, 1.807) is 19.1 Å². The molecule has 1 fully saturated rings. The predicted octanol–water partition coefficient (Wildman–Crippen LogP) is 4.06. The van der Waals surface area contributed by atoms with E-state index < -0.39 is 15.8 Å². The number of sulfonamides is 1. The Morgan fingerprint density at radius 2 is 2.03 bits per heavy atom. The van der Waals surface area contributed by atoms with E-state index in [4.69, 9.17) is 20.5 Å². The number of hydrogen-bond donors (Lipinski definition) is 1. The van der Waals surface area contributed by atoms with Crippen LogP contribution in [0.3, 0.4) is 0 Å². The van der Waals surface area contributed by atoms with Crippen LogP contribution in [0.1, 0.15) is 42.5 Å². The Bertz CT molecular complexity index is 1480. The molecule has 0 aliphatic heterocycles. The fourth-order valence-electron chi connectivity index (χ4n) is 3.57. The maximum Gasteiger partial charge on any atom is 0.420 e. The molecule has 2 aromatic carbocycles. The zero-order valence-electron chi connectivity index (χ0n) is 17.0. The molecule has 9 nitrogen and oxygen atoms in total. The van der Waals surface area contributed by atoms with Crippen molar-refractivity contribution in [2.45, 2.75) is 43.5 Å². The van der Waals surface area contributed by atoms with Crippen LogP contribution in [0.5, 0.6) is 0 Å². The summed E-state index contributed by atoms with van der Waals surface area (Å²) in [6.07, 6.45) is 3.19. The molecule has 0 amide bonds. The molecule has 0 saturated heterocycles. The molecule has 2 aromatic heterocycles. The van der Waals surface area contributed by atoms with Gasteiger partial charge < -0.3 is 8.94 Å². The van der Waals surface area contributed by atoms with Crippen molar-refractivity contribution in [2.24, 2.45) is 0 Å². The summed E-state index contributed by atoms with van der Waals surface area (Å²) >= 11 is 5.98. The average molecular weight is 475 g/mol. The summed E-state index contributed by atoms with van der Waals surface area (Å²) in [6, 6.07) is 9.17. The first-order chi connectivity index (χ1) is 15.3. The maximum atomic E-state index is 12.9. The highest BCUT2D eigenvalue weighted by molar-refractivity contribution is 7.92. The predicted molar refractivity (Wildman–Crippen MR) is 117 cm³/mol. The van der Waals surface area contributed by atoms with Crippen molar-refractivity contribution in [1.82, 2.24) is 14.7 Å². The van der Waals surface area contributed by atoms with Crippen LogP contribution in [0.4, 0.5) is 5.69 Å². The number of fused-ring (bicyclic) bond motifs is 1. The van der Waals surface area contributed by atoms with Crippen LogP contribution in [-0.2, 0) is 16.6 Å². The van der Waals surface area contributed by atoms with Gasteiger partial charge in [-0.05, 0) is 49.6 Å². The largest absolute Gasteiger partial charge is 0.420 e. The van der Waals surface area contributed by atoms with Crippen molar-refractivity contribution in [3.05, 3.63) is 69.3 Å². The number of aromatic nitrogens is 3. The first-order valence-electron chi connectivity index (χ1n) is 10.0. The van der Waals surface area contributed by atoms with Crippen LogP contribution in [0.15, 0.2) is 55.0 Å². The number of nitrogens with zero attached hydrogens (tertiary/aromatic N) is 3. The molecular formula is C21H19ClN4O5S. The molecule has 5 rings (SSSR count). The third-order valence-corrected chi connectivity index (χ3v) is 7.23. The Morgan fingerprint density at radius 1 is 1.22 bits per heavy atom. The summed E-state index contributed by atoms with van der Waals surface area (Å²) in [5, 5.41) is 4.37. The lowest BCUT2D eigenvalue weighted by molar-refractivity contribution is 0.291. The number of aryl methyl sites for hydroxylation is 1. The first-order valence-corrected chi connectivity index (χ1v) is 11.9. The van der Waals surface area contributed by atoms with Crippen LogP contribution in [0.2, 0.25) is 5.02 Å². The highest BCUT2D eigenvalue weighted by Gasteiger charge is 2.26. The molecule has 0 spiro atoms. The van der Waals surface area contributed by atoms with Gasteiger partial charge in [-0.2, -0.15) is 4.98 Å². The topological polar surface area (TPSA) is 120 Å². The lowest BCUT2D eigenvalue weighted by Gasteiger charge is -2.20. The Balaban J connectivity index is 1.44. The summed E-state index contributed by atoms with van der Waals surface area (Å²) in [6.45, 7) is 1.83. The second-order valence-electron chi connectivity index (χ2n) is 7.83. The molecule has 11 heteroatoms. The van der Waals surface area contributed by atoms with E-state index in [1.807, 2.05) is 0 Å². The van der Waals surface area contributed by atoms with E-state index in [9.17, 15) is 13.2 Å². The smallest absolute Gasteiger partial charge is 0.408 e. The van der Waals surface area contributed by atoms with Crippen LogP contribution in [-0.4, -0.2) is 23.1 Å². The van der Waals surface area contributed by atoms with Crippen LogP contribution >= 0.6 is 11.6 Å². The fourth-order valence-corrected chi connectivity index (χ4v) is 4.87. The highest BCUT2D eigenvalue weighted by Crippen LogP contribution is 2.35. The van der Waals surface area contributed by atoms with Crippen molar-refractivity contribution in [3.63, 3.8) is 0 Å². The third-order valence-electron chi connectivity index (χ3n) is 5.63. The van der Waals surface area contributed by atoms with Crippen molar-refractivity contribution in [3.8, 4) is 0 Å². The highest BCUT2D eigenvalue weighted by atomic mass is 35.5. The third kappa shape index (κ3) is 3.80. The number of anilines is 1. The SMILES string of the molecule is Cc1ccc(Cl)cc1NS(=O)(=O)c1ccc2c(c1)oc(=O)n2Cc1noc(C2CCC2)n1. The standard InChI is InChI=1S/C21H19ClN4O5S/c1-12-5-6-14(22)9-16(12)25-32(28,29)15-7-8-17-18(10-15)30-21(27)26(17)11-19-23-20(31-24-19)13-3-2-4-13/h5-10,13,25H,2-4,11H2,1H3. The molecular weight excluding hydrogens is 456 g/mol. The Labute approximate surface area is 188 Å². The molecule has 0 radical (unpaired) electrons. The Hall–Kier alpha value is -3.11. The average Bonchev–Trinajstić information content (AvgIpc) is 3.27. The number of benzene rings is 2. The van der Waals surface area contributed by atoms with Crippen molar-refractivity contribution < 1.29 is 17.4 Å². The molecule has 1 saturated carbocycles. The van der Waals surface area contributed by atoms with E-state index in [0.29, 0.717) is 27.9 Å². The Kier molecular flexibility index (Phi) is 5.06. The van der Waals surface area contributed by atoms with Gasteiger partial charge in [0.05, 0.1) is 22.6 Å². The molecule has 2 heterocycles. The minimum absolute atomic E-state index is 0.0443. The van der Waals surface area contributed by atoms with Gasteiger partial charge in [-0.3, -0.25) is 9.29 Å². The number of hydrogen-bond acceptors (Lipinski definition) is 7.